The van der Waals surface area contributed by atoms with E-state index in [-0.39, 0.29) is 11.9 Å². The van der Waals surface area contributed by atoms with Gasteiger partial charge in [-0.25, -0.2) is 4.98 Å². The zero-order valence-electron chi connectivity index (χ0n) is 14.6. The lowest BCUT2D eigenvalue weighted by Crippen LogP contribution is -2.25. The number of aryl methyl sites for hydroxylation is 1. The largest absolute Gasteiger partial charge is 0.354 e. The van der Waals surface area contributed by atoms with E-state index in [1.165, 1.54) is 12.8 Å². The van der Waals surface area contributed by atoms with Gasteiger partial charge in [0.2, 0.25) is 0 Å². The summed E-state index contributed by atoms with van der Waals surface area (Å²) in [6.45, 7) is 4.20. The minimum absolute atomic E-state index is 0.160. The Bertz CT molecular complexity index is 799. The van der Waals surface area contributed by atoms with Gasteiger partial charge in [-0.2, -0.15) is 0 Å². The Hall–Kier alpha value is -1.72. The molecule has 2 aromatic rings. The average molecular weight is 381 g/mol. The molecule has 1 aromatic carbocycles. The van der Waals surface area contributed by atoms with Gasteiger partial charge in [0, 0.05) is 24.5 Å². The molecule has 0 spiro atoms. The minimum atomic E-state index is -0.160. The Kier molecular flexibility index (Phi) is 5.25. The smallest absolute Gasteiger partial charge is 0.271 e. The molecule has 1 fully saturated rings. The van der Waals surface area contributed by atoms with E-state index in [1.807, 2.05) is 6.92 Å². The lowest BCUT2D eigenvalue weighted by molar-refractivity contribution is 0.0952. The van der Waals surface area contributed by atoms with Crippen LogP contribution in [0.2, 0.25) is 10.0 Å². The summed E-state index contributed by atoms with van der Waals surface area (Å²) in [5.41, 5.74) is 1.22. The topological polar surface area (TPSA) is 59.0 Å². The molecule has 0 aliphatic heterocycles. The summed E-state index contributed by atoms with van der Waals surface area (Å²) in [5, 5.41) is 6.98. The molecule has 1 amide bonds. The number of aromatic nitrogens is 2. The van der Waals surface area contributed by atoms with Crippen molar-refractivity contribution < 1.29 is 4.79 Å². The number of rotatable bonds is 6. The summed E-state index contributed by atoms with van der Waals surface area (Å²) in [6.07, 6.45) is 3.14. The third-order valence-electron chi connectivity index (χ3n) is 4.64. The zero-order chi connectivity index (χ0) is 18.1. The molecule has 0 bridgehead atoms. The second-order valence-corrected chi connectivity index (χ2v) is 7.20. The number of benzene rings is 1. The van der Waals surface area contributed by atoms with E-state index in [0.29, 0.717) is 33.2 Å². The number of nitrogens with one attached hydrogen (secondary N) is 2. The fraction of sp³-hybridized carbons (Fsp3) is 0.444. The van der Waals surface area contributed by atoms with Gasteiger partial charge in [-0.3, -0.25) is 4.79 Å². The van der Waals surface area contributed by atoms with Crippen molar-refractivity contribution in [2.24, 2.45) is 5.92 Å². The highest BCUT2D eigenvalue weighted by Gasteiger charge is 2.34. The van der Waals surface area contributed by atoms with Crippen LogP contribution >= 0.6 is 23.2 Å². The molecule has 1 aromatic heterocycles. The molecule has 1 aliphatic rings. The molecule has 7 heteroatoms. The monoisotopic (exact) mass is 380 g/mol. The van der Waals surface area contributed by atoms with Crippen LogP contribution in [0.25, 0.3) is 0 Å². The zero-order valence-corrected chi connectivity index (χ0v) is 16.1. The predicted octanol–water partition coefficient (Wildman–Crippen LogP) is 4.83. The standard InChI is InChI=1S/C18H22Cl2N4O/c1-4-15-23-17(22-14-8-7-12(19)9-13(14)20)16(18(25)21-3)24(15)10(2)11-5-6-11/h7-11,22H,4-6H2,1-3H3,(H,21,25). The van der Waals surface area contributed by atoms with Crippen LogP contribution in [0, 0.1) is 5.92 Å². The van der Waals surface area contributed by atoms with E-state index in [2.05, 4.69) is 27.1 Å². The number of carbonyl (C=O) groups excluding carboxylic acids is 1. The van der Waals surface area contributed by atoms with Crippen LogP contribution in [0.1, 0.15) is 49.0 Å². The molecule has 1 aliphatic carbocycles. The first-order chi connectivity index (χ1) is 12.0. The van der Waals surface area contributed by atoms with Gasteiger partial charge >= 0.3 is 0 Å². The summed E-state index contributed by atoms with van der Waals surface area (Å²) in [5.74, 6) is 1.86. The predicted molar refractivity (Wildman–Crippen MR) is 102 cm³/mol. The van der Waals surface area contributed by atoms with Crippen molar-refractivity contribution >= 4 is 40.6 Å². The number of carbonyl (C=O) groups is 1. The van der Waals surface area contributed by atoms with Crippen molar-refractivity contribution in [3.8, 4) is 0 Å². The lowest BCUT2D eigenvalue weighted by atomic mass is 10.2. The number of amides is 1. The fourth-order valence-electron chi connectivity index (χ4n) is 3.10. The number of hydrogen-bond donors (Lipinski definition) is 2. The second-order valence-electron chi connectivity index (χ2n) is 6.36. The molecule has 25 heavy (non-hydrogen) atoms. The molecule has 1 saturated carbocycles. The Morgan fingerprint density at radius 2 is 2.12 bits per heavy atom. The highest BCUT2D eigenvalue weighted by atomic mass is 35.5. The lowest BCUT2D eigenvalue weighted by Gasteiger charge is -2.18. The van der Waals surface area contributed by atoms with E-state index in [1.54, 1.807) is 25.2 Å². The van der Waals surface area contributed by atoms with Gasteiger partial charge in [-0.15, -0.1) is 0 Å². The maximum Gasteiger partial charge on any atom is 0.271 e. The summed E-state index contributed by atoms with van der Waals surface area (Å²) in [6, 6.07) is 5.44. The first kappa shape index (κ1) is 18.1. The molecule has 2 N–H and O–H groups in total. The van der Waals surface area contributed by atoms with Crippen LogP contribution in [-0.2, 0) is 6.42 Å². The van der Waals surface area contributed by atoms with Gasteiger partial charge in [-0.05, 0) is 43.9 Å². The quantitative estimate of drug-likeness (QED) is 0.754. The Morgan fingerprint density at radius 3 is 2.68 bits per heavy atom. The molecule has 134 valence electrons. The Labute approximate surface area is 157 Å². The number of anilines is 2. The van der Waals surface area contributed by atoms with E-state index in [9.17, 15) is 4.79 Å². The van der Waals surface area contributed by atoms with E-state index >= 15 is 0 Å². The Morgan fingerprint density at radius 1 is 1.40 bits per heavy atom. The summed E-state index contributed by atoms with van der Waals surface area (Å²) >= 11 is 12.2. The molecule has 5 nitrogen and oxygen atoms in total. The van der Waals surface area contributed by atoms with Crippen molar-refractivity contribution in [3.63, 3.8) is 0 Å². The summed E-state index contributed by atoms with van der Waals surface area (Å²) < 4.78 is 2.07. The van der Waals surface area contributed by atoms with Crippen molar-refractivity contribution in [3.05, 3.63) is 39.8 Å². The molecule has 3 rings (SSSR count). The number of halogens is 2. The van der Waals surface area contributed by atoms with Crippen molar-refractivity contribution in [2.75, 3.05) is 12.4 Å². The van der Waals surface area contributed by atoms with Crippen molar-refractivity contribution in [1.82, 2.24) is 14.9 Å². The van der Waals surface area contributed by atoms with Crippen LogP contribution in [0.5, 0.6) is 0 Å². The van der Waals surface area contributed by atoms with Crippen LogP contribution in [0.3, 0.4) is 0 Å². The van der Waals surface area contributed by atoms with Gasteiger partial charge in [0.05, 0.1) is 10.7 Å². The average Bonchev–Trinajstić information content (AvgIpc) is 3.37. The number of nitrogens with zero attached hydrogens (tertiary/aromatic N) is 2. The van der Waals surface area contributed by atoms with Gasteiger partial charge < -0.3 is 15.2 Å². The summed E-state index contributed by atoms with van der Waals surface area (Å²) in [7, 11) is 1.63. The van der Waals surface area contributed by atoms with Crippen LogP contribution in [-0.4, -0.2) is 22.5 Å². The maximum atomic E-state index is 12.6. The van der Waals surface area contributed by atoms with Crippen LogP contribution < -0.4 is 10.6 Å². The second kappa shape index (κ2) is 7.26. The number of imidazole rings is 1. The molecule has 0 radical (unpaired) electrons. The molecule has 1 unspecified atom stereocenters. The van der Waals surface area contributed by atoms with Crippen molar-refractivity contribution in [2.45, 2.75) is 39.2 Å². The first-order valence-corrected chi connectivity index (χ1v) is 9.27. The SMILES string of the molecule is CCc1nc(Nc2ccc(Cl)cc2Cl)c(C(=O)NC)n1C(C)C1CC1. The normalized spacial score (nSPS) is 15.1. The van der Waals surface area contributed by atoms with E-state index in [4.69, 9.17) is 23.2 Å². The third kappa shape index (κ3) is 3.62. The van der Waals surface area contributed by atoms with Gasteiger partial charge in [0.1, 0.15) is 5.82 Å². The van der Waals surface area contributed by atoms with Gasteiger partial charge in [-0.1, -0.05) is 30.1 Å². The highest BCUT2D eigenvalue weighted by molar-refractivity contribution is 6.36. The molecular formula is C18H22Cl2N4O. The van der Waals surface area contributed by atoms with Gasteiger partial charge in [0.25, 0.3) is 5.91 Å². The van der Waals surface area contributed by atoms with Crippen LogP contribution in [0.4, 0.5) is 11.5 Å². The van der Waals surface area contributed by atoms with E-state index < -0.39 is 0 Å². The first-order valence-electron chi connectivity index (χ1n) is 8.51. The molecule has 0 saturated heterocycles. The summed E-state index contributed by atoms with van der Waals surface area (Å²) in [4.78, 5) is 17.3. The van der Waals surface area contributed by atoms with Crippen molar-refractivity contribution in [1.29, 1.82) is 0 Å². The number of hydrogen-bond acceptors (Lipinski definition) is 3. The maximum absolute atomic E-state index is 12.6. The molecular weight excluding hydrogens is 359 g/mol. The third-order valence-corrected chi connectivity index (χ3v) is 5.19. The van der Waals surface area contributed by atoms with Crippen LogP contribution in [0.15, 0.2) is 18.2 Å². The fourth-order valence-corrected chi connectivity index (χ4v) is 3.55. The highest BCUT2D eigenvalue weighted by Crippen LogP contribution is 2.42. The molecule has 1 atom stereocenters. The van der Waals surface area contributed by atoms with Gasteiger partial charge in [0.15, 0.2) is 11.5 Å². The Balaban J connectivity index is 2.07. The molecule has 1 heterocycles. The van der Waals surface area contributed by atoms with E-state index in [0.717, 1.165) is 12.2 Å². The minimum Gasteiger partial charge on any atom is -0.354 e.